The van der Waals surface area contributed by atoms with Gasteiger partial charge in [-0.1, -0.05) is 18.2 Å². The number of hydrogen-bond donors (Lipinski definition) is 1. The molecular formula is C18H20F2N4. The van der Waals surface area contributed by atoms with Crippen LogP contribution in [-0.2, 0) is 0 Å². The number of halogens is 2. The highest BCUT2D eigenvalue weighted by molar-refractivity contribution is 5.99. The van der Waals surface area contributed by atoms with Gasteiger partial charge in [-0.15, -0.1) is 0 Å². The molecule has 0 aliphatic carbocycles. The Bertz CT molecular complexity index is 710. The van der Waals surface area contributed by atoms with Gasteiger partial charge in [-0.2, -0.15) is 5.10 Å². The predicted molar refractivity (Wildman–Crippen MR) is 92.0 cm³/mol. The van der Waals surface area contributed by atoms with E-state index >= 15 is 0 Å². The topological polar surface area (TPSA) is 30.9 Å². The van der Waals surface area contributed by atoms with Crippen molar-refractivity contribution in [2.75, 3.05) is 38.7 Å². The Balaban J connectivity index is 1.91. The van der Waals surface area contributed by atoms with Crippen molar-refractivity contribution < 1.29 is 8.78 Å². The van der Waals surface area contributed by atoms with Gasteiger partial charge in [-0.25, -0.2) is 8.78 Å². The Hall–Kier alpha value is -2.47. The zero-order chi connectivity index (χ0) is 16.9. The van der Waals surface area contributed by atoms with E-state index in [4.69, 9.17) is 0 Å². The molecule has 1 heterocycles. The van der Waals surface area contributed by atoms with Gasteiger partial charge in [0.1, 0.15) is 11.6 Å². The molecule has 6 heteroatoms. The molecule has 0 aromatic heterocycles. The third-order valence-electron chi connectivity index (χ3n) is 4.04. The molecule has 24 heavy (non-hydrogen) atoms. The molecule has 0 spiro atoms. The minimum absolute atomic E-state index is 0.296. The Morgan fingerprint density at radius 3 is 2.38 bits per heavy atom. The Morgan fingerprint density at radius 2 is 1.71 bits per heavy atom. The van der Waals surface area contributed by atoms with Gasteiger partial charge in [0.25, 0.3) is 0 Å². The minimum atomic E-state index is -0.609. The molecule has 0 bridgehead atoms. The van der Waals surface area contributed by atoms with Crippen LogP contribution in [0.2, 0.25) is 0 Å². The average molecular weight is 330 g/mol. The quantitative estimate of drug-likeness (QED) is 0.533. The fourth-order valence-corrected chi connectivity index (χ4v) is 2.62. The summed E-state index contributed by atoms with van der Waals surface area (Å²) in [4.78, 5) is 4.23. The molecule has 1 saturated heterocycles. The Kier molecular flexibility index (Phi) is 5.05. The van der Waals surface area contributed by atoms with Gasteiger partial charge in [0.15, 0.2) is 5.84 Å². The third-order valence-corrected chi connectivity index (χ3v) is 4.04. The highest BCUT2D eigenvalue weighted by atomic mass is 19.1. The number of rotatable bonds is 3. The van der Waals surface area contributed by atoms with Gasteiger partial charge in [0.05, 0.1) is 11.3 Å². The fraction of sp³-hybridized carbons (Fsp3) is 0.278. The summed E-state index contributed by atoms with van der Waals surface area (Å²) in [7, 11) is 2.05. The molecule has 1 aliphatic heterocycles. The lowest BCUT2D eigenvalue weighted by Crippen LogP contribution is -2.47. The van der Waals surface area contributed by atoms with E-state index in [1.807, 2.05) is 35.2 Å². The Morgan fingerprint density at radius 1 is 1.00 bits per heavy atom. The molecule has 1 aliphatic rings. The molecule has 1 fully saturated rings. The lowest BCUT2D eigenvalue weighted by molar-refractivity contribution is 0.215. The lowest BCUT2D eigenvalue weighted by Gasteiger charge is -2.34. The molecule has 0 radical (unpaired) electrons. The summed E-state index contributed by atoms with van der Waals surface area (Å²) < 4.78 is 27.5. The molecule has 0 saturated carbocycles. The molecular weight excluding hydrogens is 310 g/mol. The fourth-order valence-electron chi connectivity index (χ4n) is 2.62. The smallest absolute Gasteiger partial charge is 0.159 e. The number of piperazine rings is 1. The molecule has 2 aromatic carbocycles. The van der Waals surface area contributed by atoms with Crippen molar-refractivity contribution in [2.45, 2.75) is 0 Å². The maximum absolute atomic E-state index is 14.3. The second kappa shape index (κ2) is 7.40. The number of benzene rings is 2. The second-order valence-corrected chi connectivity index (χ2v) is 5.83. The van der Waals surface area contributed by atoms with E-state index in [0.29, 0.717) is 11.4 Å². The average Bonchev–Trinajstić information content (AvgIpc) is 2.59. The van der Waals surface area contributed by atoms with Crippen molar-refractivity contribution in [1.82, 2.24) is 9.80 Å². The van der Waals surface area contributed by atoms with E-state index in [-0.39, 0.29) is 0 Å². The standard InChI is InChI=1S/C18H20F2N4/c1-23-9-11-24(12-10-23)18(16-8-7-14(19)13-17(16)20)22-21-15-5-3-2-4-6-15/h2-8,13,21H,9-12H2,1H3. The van der Waals surface area contributed by atoms with Gasteiger partial charge >= 0.3 is 0 Å². The van der Waals surface area contributed by atoms with Crippen LogP contribution in [0.3, 0.4) is 0 Å². The monoisotopic (exact) mass is 330 g/mol. The summed E-state index contributed by atoms with van der Waals surface area (Å²) in [5, 5.41) is 4.42. The zero-order valence-electron chi connectivity index (χ0n) is 13.5. The van der Waals surface area contributed by atoms with E-state index < -0.39 is 11.6 Å². The van der Waals surface area contributed by atoms with Crippen molar-refractivity contribution in [3.8, 4) is 0 Å². The third kappa shape index (κ3) is 3.89. The van der Waals surface area contributed by atoms with E-state index in [2.05, 4.69) is 22.5 Å². The molecule has 0 atom stereocenters. The normalized spacial score (nSPS) is 16.3. The Labute approximate surface area is 140 Å². The second-order valence-electron chi connectivity index (χ2n) is 5.83. The maximum Gasteiger partial charge on any atom is 0.159 e. The molecule has 0 amide bonds. The summed E-state index contributed by atoms with van der Waals surface area (Å²) >= 11 is 0. The van der Waals surface area contributed by atoms with Crippen molar-refractivity contribution in [3.05, 3.63) is 65.7 Å². The summed E-state index contributed by atoms with van der Waals surface area (Å²) in [6.45, 7) is 3.21. The molecule has 2 aromatic rings. The minimum Gasteiger partial charge on any atom is -0.352 e. The van der Waals surface area contributed by atoms with E-state index in [0.717, 1.165) is 37.9 Å². The first kappa shape index (κ1) is 16.4. The van der Waals surface area contributed by atoms with Gasteiger partial charge in [-0.05, 0) is 31.3 Å². The predicted octanol–water partition coefficient (Wildman–Crippen LogP) is 2.99. The van der Waals surface area contributed by atoms with Crippen LogP contribution in [-0.4, -0.2) is 48.9 Å². The van der Waals surface area contributed by atoms with Crippen LogP contribution in [0.1, 0.15) is 5.56 Å². The summed E-state index contributed by atoms with van der Waals surface area (Å²) in [5.41, 5.74) is 4.07. The van der Waals surface area contributed by atoms with Crippen molar-refractivity contribution >= 4 is 11.5 Å². The van der Waals surface area contributed by atoms with Crippen LogP contribution in [0, 0.1) is 11.6 Å². The van der Waals surface area contributed by atoms with Crippen LogP contribution in [0.15, 0.2) is 53.6 Å². The first-order chi connectivity index (χ1) is 11.6. The molecule has 126 valence electrons. The van der Waals surface area contributed by atoms with Gasteiger partial charge in [0, 0.05) is 32.2 Å². The number of amidine groups is 1. The first-order valence-corrected chi connectivity index (χ1v) is 7.91. The first-order valence-electron chi connectivity index (χ1n) is 7.91. The van der Waals surface area contributed by atoms with E-state index in [1.54, 1.807) is 0 Å². The molecule has 3 rings (SSSR count). The van der Waals surface area contributed by atoms with E-state index in [9.17, 15) is 8.78 Å². The molecule has 0 unspecified atom stereocenters. The lowest BCUT2D eigenvalue weighted by atomic mass is 10.1. The summed E-state index contributed by atoms with van der Waals surface area (Å²) in [5.74, 6) is -0.711. The maximum atomic E-state index is 14.3. The highest BCUT2D eigenvalue weighted by Crippen LogP contribution is 2.16. The SMILES string of the molecule is CN1CCN(C(=NNc2ccccc2)c2ccc(F)cc2F)CC1. The molecule has 4 nitrogen and oxygen atoms in total. The number of nitrogens with zero attached hydrogens (tertiary/aromatic N) is 3. The van der Waals surface area contributed by atoms with Crippen molar-refractivity contribution in [3.63, 3.8) is 0 Å². The van der Waals surface area contributed by atoms with Crippen LogP contribution in [0.4, 0.5) is 14.5 Å². The van der Waals surface area contributed by atoms with Gasteiger partial charge in [0.2, 0.25) is 0 Å². The number of likely N-dealkylation sites (N-methyl/N-ethyl adjacent to an activating group) is 1. The van der Waals surface area contributed by atoms with Crippen LogP contribution in [0.25, 0.3) is 0 Å². The molecule has 1 N–H and O–H groups in total. The number of hydrogen-bond acceptors (Lipinski definition) is 3. The van der Waals surface area contributed by atoms with Crippen LogP contribution < -0.4 is 5.43 Å². The van der Waals surface area contributed by atoms with Gasteiger partial charge < -0.3 is 9.80 Å². The van der Waals surface area contributed by atoms with Crippen LogP contribution >= 0.6 is 0 Å². The van der Waals surface area contributed by atoms with Crippen molar-refractivity contribution in [1.29, 1.82) is 0 Å². The number of hydrazone groups is 1. The highest BCUT2D eigenvalue weighted by Gasteiger charge is 2.21. The van der Waals surface area contributed by atoms with Crippen LogP contribution in [0.5, 0.6) is 0 Å². The van der Waals surface area contributed by atoms with Crippen molar-refractivity contribution in [2.24, 2.45) is 5.10 Å². The van der Waals surface area contributed by atoms with Gasteiger partial charge in [-0.3, -0.25) is 5.43 Å². The summed E-state index contributed by atoms with van der Waals surface area (Å²) in [6.07, 6.45) is 0. The van der Waals surface area contributed by atoms with E-state index in [1.165, 1.54) is 12.1 Å². The number of para-hydroxylation sites is 1. The zero-order valence-corrected chi connectivity index (χ0v) is 13.5. The summed E-state index contributed by atoms with van der Waals surface area (Å²) in [6, 6.07) is 13.1. The largest absolute Gasteiger partial charge is 0.352 e. The number of nitrogens with one attached hydrogen (secondary N) is 1. The number of anilines is 1.